The summed E-state index contributed by atoms with van der Waals surface area (Å²) in [6, 6.07) is 0. The summed E-state index contributed by atoms with van der Waals surface area (Å²) in [7, 11) is -7.57. The van der Waals surface area contributed by atoms with Gasteiger partial charge in [-0.25, -0.2) is 21.8 Å². The van der Waals surface area contributed by atoms with Gasteiger partial charge in [0.2, 0.25) is 10.0 Å². The van der Waals surface area contributed by atoms with Crippen molar-refractivity contribution in [1.82, 2.24) is 9.55 Å². The average molecular weight is 321 g/mol. The third-order valence-electron chi connectivity index (χ3n) is 2.05. The van der Waals surface area contributed by atoms with Crippen molar-refractivity contribution in [2.45, 2.75) is 19.4 Å². The zero-order valence-corrected chi connectivity index (χ0v) is 14.4. The zero-order valence-electron chi connectivity index (χ0n) is 10.7. The molecular formula is C8H16N3NaO5S2. The van der Waals surface area contributed by atoms with Crippen LogP contribution in [-0.2, 0) is 26.7 Å². The van der Waals surface area contributed by atoms with E-state index in [1.54, 1.807) is 4.57 Å². The summed E-state index contributed by atoms with van der Waals surface area (Å²) in [5.74, 6) is -0.112. The van der Waals surface area contributed by atoms with Crippen LogP contribution in [0.5, 0.6) is 0 Å². The third kappa shape index (κ3) is 8.60. The number of sulfonamides is 1. The van der Waals surface area contributed by atoms with Crippen molar-refractivity contribution in [3.63, 3.8) is 0 Å². The van der Waals surface area contributed by atoms with Gasteiger partial charge >= 0.3 is 29.6 Å². The second-order valence-corrected chi connectivity index (χ2v) is 7.09. The Bertz CT molecular complexity index is 601. The number of hydrogen-bond acceptors (Lipinski definition) is 6. The minimum atomic E-state index is -4.19. The predicted molar refractivity (Wildman–Crippen MR) is 66.6 cm³/mol. The van der Waals surface area contributed by atoms with Gasteiger partial charge in [-0.1, -0.05) is 0 Å². The first-order chi connectivity index (χ1) is 8.17. The van der Waals surface area contributed by atoms with Crippen LogP contribution in [0.3, 0.4) is 0 Å². The zero-order chi connectivity index (χ0) is 13.8. The molecule has 0 radical (unpaired) electrons. The number of anilines is 1. The van der Waals surface area contributed by atoms with Crippen molar-refractivity contribution in [2.75, 3.05) is 16.7 Å². The van der Waals surface area contributed by atoms with Crippen LogP contribution in [-0.4, -0.2) is 42.9 Å². The van der Waals surface area contributed by atoms with E-state index in [0.717, 1.165) is 6.26 Å². The van der Waals surface area contributed by atoms with Crippen LogP contribution in [0.1, 0.15) is 14.3 Å². The van der Waals surface area contributed by atoms with Crippen LogP contribution >= 0.6 is 0 Å². The van der Waals surface area contributed by atoms with Gasteiger partial charge in [-0.3, -0.25) is 4.72 Å². The molecule has 0 saturated heterocycles. The smallest absolute Gasteiger partial charge is 0.748 e. The second kappa shape index (κ2) is 7.60. The van der Waals surface area contributed by atoms with E-state index in [4.69, 9.17) is 0 Å². The predicted octanol–water partition coefficient (Wildman–Crippen LogP) is -3.17. The molecule has 8 nitrogen and oxygen atoms in total. The molecule has 19 heavy (non-hydrogen) atoms. The topological polar surface area (TPSA) is 121 Å². The van der Waals surface area contributed by atoms with Crippen molar-refractivity contribution >= 4 is 26.0 Å². The van der Waals surface area contributed by atoms with Gasteiger partial charge in [-0.05, 0) is 12.8 Å². The molecule has 0 fully saturated rings. The van der Waals surface area contributed by atoms with E-state index < -0.39 is 25.9 Å². The van der Waals surface area contributed by atoms with E-state index in [-0.39, 0.29) is 37.4 Å². The molecule has 1 N–H and O–H groups in total. The number of hydrogen-bond donors (Lipinski definition) is 1. The number of nitrogens with one attached hydrogen (secondary N) is 1. The number of aryl methyl sites for hydroxylation is 1. The number of rotatable bonds is 7. The molecule has 0 unspecified atom stereocenters. The number of nitrogens with zero attached hydrogens (tertiary/aromatic N) is 2. The van der Waals surface area contributed by atoms with Crippen molar-refractivity contribution in [2.24, 2.45) is 0 Å². The fourth-order valence-electron chi connectivity index (χ4n) is 1.33. The SMILES string of the molecule is CS(=O)(=O)Nc1cncn1CCCCS(=O)(=O)[O-].[HH].[Na+]. The van der Waals surface area contributed by atoms with Crippen LogP contribution in [0, 0.1) is 0 Å². The van der Waals surface area contributed by atoms with Gasteiger partial charge in [-0.15, -0.1) is 0 Å². The second-order valence-electron chi connectivity index (χ2n) is 3.82. The molecule has 0 saturated carbocycles. The molecular weight excluding hydrogens is 305 g/mol. The van der Waals surface area contributed by atoms with E-state index in [1.807, 2.05) is 0 Å². The van der Waals surface area contributed by atoms with Crippen molar-refractivity contribution in [1.29, 1.82) is 0 Å². The summed E-state index contributed by atoms with van der Waals surface area (Å²) in [6.45, 7) is 0.382. The summed E-state index contributed by atoms with van der Waals surface area (Å²) >= 11 is 0. The standard InChI is InChI=1S/C8H15N3O5S2.Na.H2/c1-17(12,13)10-8-6-9-7-11(8)4-2-3-5-18(14,15)16;;/h6-7,10H,2-5H2,1H3,(H,14,15,16);;1H/q;+1;/p-1. The maximum Gasteiger partial charge on any atom is 1.00 e. The minimum Gasteiger partial charge on any atom is -0.748 e. The summed E-state index contributed by atoms with van der Waals surface area (Å²) in [5, 5.41) is 0. The number of unbranched alkanes of at least 4 members (excludes halogenated alkanes) is 1. The number of aromatic nitrogens is 2. The number of imidazole rings is 1. The quantitative estimate of drug-likeness (QED) is 0.321. The molecule has 1 aromatic heterocycles. The summed E-state index contributed by atoms with van der Waals surface area (Å²) in [5.41, 5.74) is 0. The largest absolute Gasteiger partial charge is 1.00 e. The van der Waals surface area contributed by atoms with Crippen LogP contribution in [0.15, 0.2) is 12.5 Å². The Balaban J connectivity index is 0. The van der Waals surface area contributed by atoms with Crippen LogP contribution in [0.2, 0.25) is 0 Å². The van der Waals surface area contributed by atoms with Crippen LogP contribution in [0.25, 0.3) is 0 Å². The molecule has 1 heterocycles. The molecule has 106 valence electrons. The fourth-order valence-corrected chi connectivity index (χ4v) is 2.44. The molecule has 11 heteroatoms. The van der Waals surface area contributed by atoms with E-state index in [9.17, 15) is 21.4 Å². The molecule has 1 rings (SSSR count). The fraction of sp³-hybridized carbons (Fsp3) is 0.625. The Hall–Kier alpha value is -0.130. The first kappa shape index (κ1) is 18.9. The van der Waals surface area contributed by atoms with E-state index >= 15 is 0 Å². The Labute approximate surface area is 136 Å². The van der Waals surface area contributed by atoms with Gasteiger partial charge in [0.25, 0.3) is 0 Å². The van der Waals surface area contributed by atoms with Gasteiger partial charge in [0.05, 0.1) is 28.9 Å². The first-order valence-corrected chi connectivity index (χ1v) is 8.56. The van der Waals surface area contributed by atoms with Gasteiger partial charge in [-0.2, -0.15) is 0 Å². The van der Waals surface area contributed by atoms with Gasteiger partial charge < -0.3 is 9.12 Å². The first-order valence-electron chi connectivity index (χ1n) is 5.09. The molecule has 0 aliphatic rings. The van der Waals surface area contributed by atoms with Crippen molar-refractivity contribution in [3.8, 4) is 0 Å². The summed E-state index contributed by atoms with van der Waals surface area (Å²) < 4.78 is 57.0. The van der Waals surface area contributed by atoms with Crippen molar-refractivity contribution in [3.05, 3.63) is 12.5 Å². The molecule has 0 aliphatic carbocycles. The molecule has 0 aromatic carbocycles. The van der Waals surface area contributed by atoms with Gasteiger partial charge in [0.1, 0.15) is 5.82 Å². The normalized spacial score (nSPS) is 11.9. The van der Waals surface area contributed by atoms with E-state index in [0.29, 0.717) is 18.8 Å². The molecule has 0 amide bonds. The third-order valence-corrected chi connectivity index (χ3v) is 3.41. The molecule has 1 aromatic rings. The van der Waals surface area contributed by atoms with Crippen LogP contribution in [0.4, 0.5) is 5.82 Å². The maximum absolute atomic E-state index is 11.0. The average Bonchev–Trinajstić information content (AvgIpc) is 2.56. The van der Waals surface area contributed by atoms with Crippen molar-refractivity contribution < 1.29 is 52.4 Å². The van der Waals surface area contributed by atoms with E-state index in [2.05, 4.69) is 9.71 Å². The Morgan fingerprint density at radius 1 is 1.37 bits per heavy atom. The maximum atomic E-state index is 11.0. The summed E-state index contributed by atoms with van der Waals surface area (Å²) in [4.78, 5) is 3.79. The molecule has 0 atom stereocenters. The minimum absolute atomic E-state index is 0. The van der Waals surface area contributed by atoms with Gasteiger partial charge in [0, 0.05) is 13.7 Å². The van der Waals surface area contributed by atoms with Gasteiger partial charge in [0.15, 0.2) is 0 Å². The molecule has 0 bridgehead atoms. The molecule has 0 aliphatic heterocycles. The Kier molecular flexibility index (Phi) is 7.55. The van der Waals surface area contributed by atoms with E-state index in [1.165, 1.54) is 12.5 Å². The van der Waals surface area contributed by atoms with Crippen LogP contribution < -0.4 is 34.3 Å². The Morgan fingerprint density at radius 3 is 2.53 bits per heavy atom. The molecule has 0 spiro atoms. The Morgan fingerprint density at radius 2 is 2.00 bits per heavy atom. The summed E-state index contributed by atoms with van der Waals surface area (Å²) in [6.07, 6.45) is 4.47. The monoisotopic (exact) mass is 321 g/mol.